The molecule has 7 heteroatoms. The molecule has 0 unspecified atom stereocenters. The van der Waals surface area contributed by atoms with Crippen LogP contribution in [0.4, 0.5) is 14.9 Å². The predicted octanol–water partition coefficient (Wildman–Crippen LogP) is 2.23. The summed E-state index contributed by atoms with van der Waals surface area (Å²) in [6, 6.07) is 11.7. The van der Waals surface area contributed by atoms with Gasteiger partial charge in [-0.3, -0.25) is 10.2 Å². The van der Waals surface area contributed by atoms with Crippen molar-refractivity contribution in [2.45, 2.75) is 6.42 Å². The lowest BCUT2D eigenvalue weighted by Crippen LogP contribution is -2.44. The summed E-state index contributed by atoms with van der Waals surface area (Å²) < 4.78 is 17.8. The van der Waals surface area contributed by atoms with Crippen molar-refractivity contribution in [2.75, 3.05) is 12.4 Å². The van der Waals surface area contributed by atoms with Crippen LogP contribution in [0.2, 0.25) is 0 Å². The highest BCUT2D eigenvalue weighted by Crippen LogP contribution is 2.16. The van der Waals surface area contributed by atoms with E-state index in [0.29, 0.717) is 17.0 Å². The number of methoxy groups -OCH3 is 1. The molecule has 2 aromatic carbocycles. The number of hydrogen-bond acceptors (Lipinski definition) is 3. The Morgan fingerprint density at radius 3 is 2.52 bits per heavy atom. The largest absolute Gasteiger partial charge is 0.497 e. The molecule has 120 valence electrons. The number of hydrazine groups is 1. The number of ether oxygens (including phenoxy) is 1. The summed E-state index contributed by atoms with van der Waals surface area (Å²) in [5.41, 5.74) is 5.66. The van der Waals surface area contributed by atoms with Crippen molar-refractivity contribution in [1.29, 1.82) is 0 Å². The smallest absolute Gasteiger partial charge is 0.337 e. The van der Waals surface area contributed by atoms with Crippen LogP contribution in [0.3, 0.4) is 0 Å². The van der Waals surface area contributed by atoms with Crippen LogP contribution in [0.5, 0.6) is 5.75 Å². The number of amides is 3. The van der Waals surface area contributed by atoms with E-state index < -0.39 is 11.9 Å². The molecule has 0 fully saturated rings. The number of urea groups is 1. The van der Waals surface area contributed by atoms with Crippen molar-refractivity contribution in [3.05, 3.63) is 59.9 Å². The van der Waals surface area contributed by atoms with Crippen LogP contribution in [0, 0.1) is 5.82 Å². The van der Waals surface area contributed by atoms with E-state index in [0.717, 1.165) is 0 Å². The van der Waals surface area contributed by atoms with Gasteiger partial charge >= 0.3 is 6.03 Å². The summed E-state index contributed by atoms with van der Waals surface area (Å²) in [6.07, 6.45) is 0.0275. The minimum Gasteiger partial charge on any atom is -0.497 e. The van der Waals surface area contributed by atoms with Gasteiger partial charge in [-0.15, -0.1) is 0 Å². The molecule has 0 aromatic heterocycles. The Labute approximate surface area is 132 Å². The maximum absolute atomic E-state index is 12.8. The van der Waals surface area contributed by atoms with Gasteiger partial charge in [0.05, 0.1) is 13.5 Å². The van der Waals surface area contributed by atoms with E-state index in [9.17, 15) is 14.0 Å². The van der Waals surface area contributed by atoms with Gasteiger partial charge < -0.3 is 10.1 Å². The molecule has 0 atom stereocenters. The molecule has 0 saturated carbocycles. The van der Waals surface area contributed by atoms with E-state index in [4.69, 9.17) is 4.74 Å². The van der Waals surface area contributed by atoms with Crippen molar-refractivity contribution in [2.24, 2.45) is 0 Å². The fraction of sp³-hybridized carbons (Fsp3) is 0.125. The summed E-state index contributed by atoms with van der Waals surface area (Å²) in [5, 5.41) is 2.55. The summed E-state index contributed by atoms with van der Waals surface area (Å²) in [4.78, 5) is 23.4. The molecule has 2 rings (SSSR count). The van der Waals surface area contributed by atoms with Gasteiger partial charge in [0.1, 0.15) is 11.6 Å². The molecule has 3 N–H and O–H groups in total. The molecule has 0 spiro atoms. The van der Waals surface area contributed by atoms with Crippen molar-refractivity contribution >= 4 is 17.6 Å². The van der Waals surface area contributed by atoms with Crippen molar-refractivity contribution in [1.82, 2.24) is 10.9 Å². The number of carbonyl (C=O) groups is 2. The molecule has 23 heavy (non-hydrogen) atoms. The molecule has 0 aliphatic carbocycles. The molecule has 0 heterocycles. The molecule has 0 aliphatic heterocycles. The maximum atomic E-state index is 12.8. The Kier molecular flexibility index (Phi) is 5.51. The third-order valence-electron chi connectivity index (χ3n) is 2.92. The first-order valence-electron chi connectivity index (χ1n) is 6.81. The van der Waals surface area contributed by atoms with Gasteiger partial charge in [0.2, 0.25) is 5.91 Å². The maximum Gasteiger partial charge on any atom is 0.337 e. The molecule has 0 radical (unpaired) electrons. The molecule has 2 aromatic rings. The molecular weight excluding hydrogens is 301 g/mol. The van der Waals surface area contributed by atoms with Crippen LogP contribution in [0.15, 0.2) is 48.5 Å². The Balaban J connectivity index is 1.79. The van der Waals surface area contributed by atoms with Crippen molar-refractivity contribution in [3.63, 3.8) is 0 Å². The van der Waals surface area contributed by atoms with Crippen molar-refractivity contribution in [3.8, 4) is 5.75 Å². The Morgan fingerprint density at radius 2 is 1.83 bits per heavy atom. The number of benzene rings is 2. The van der Waals surface area contributed by atoms with Gasteiger partial charge in [0.15, 0.2) is 0 Å². The second-order valence-electron chi connectivity index (χ2n) is 4.66. The third kappa shape index (κ3) is 5.31. The molecule has 3 amide bonds. The van der Waals surface area contributed by atoms with Gasteiger partial charge in [-0.1, -0.05) is 18.2 Å². The van der Waals surface area contributed by atoms with Crippen LogP contribution >= 0.6 is 0 Å². The second-order valence-corrected chi connectivity index (χ2v) is 4.66. The molecule has 0 saturated heterocycles. The highest BCUT2D eigenvalue weighted by molar-refractivity contribution is 5.91. The Bertz CT molecular complexity index is 689. The van der Waals surface area contributed by atoms with Crippen LogP contribution < -0.4 is 20.9 Å². The molecule has 6 nitrogen and oxygen atoms in total. The number of anilines is 1. The third-order valence-corrected chi connectivity index (χ3v) is 2.92. The fourth-order valence-electron chi connectivity index (χ4n) is 1.82. The molecule has 0 aliphatic rings. The standard InChI is InChI=1S/C16H16FN3O3/c1-23-14-4-2-3-13(10-14)18-16(22)20-19-15(21)9-11-5-7-12(17)8-6-11/h2-8,10H,9H2,1H3,(H,19,21)(H2,18,20,22). The number of hydrogen-bond donors (Lipinski definition) is 3. The topological polar surface area (TPSA) is 79.5 Å². The Hall–Kier alpha value is -3.09. The first-order chi connectivity index (χ1) is 11.1. The highest BCUT2D eigenvalue weighted by atomic mass is 19.1. The SMILES string of the molecule is COc1cccc(NC(=O)NNC(=O)Cc2ccc(F)cc2)c1. The van der Waals surface area contributed by atoms with Crippen LogP contribution in [0.1, 0.15) is 5.56 Å². The predicted molar refractivity (Wildman–Crippen MR) is 83.4 cm³/mol. The average Bonchev–Trinajstić information content (AvgIpc) is 2.55. The van der Waals surface area contributed by atoms with Crippen LogP contribution in [-0.4, -0.2) is 19.0 Å². The van der Waals surface area contributed by atoms with E-state index >= 15 is 0 Å². The zero-order valence-electron chi connectivity index (χ0n) is 12.4. The van der Waals surface area contributed by atoms with Crippen molar-refractivity contribution < 1.29 is 18.7 Å². The minimum atomic E-state index is -0.592. The quantitative estimate of drug-likeness (QED) is 0.757. The van der Waals surface area contributed by atoms with E-state index in [1.54, 1.807) is 24.3 Å². The minimum absolute atomic E-state index is 0.0275. The highest BCUT2D eigenvalue weighted by Gasteiger charge is 2.06. The van der Waals surface area contributed by atoms with E-state index in [2.05, 4.69) is 16.2 Å². The van der Waals surface area contributed by atoms with Gasteiger partial charge in [0.25, 0.3) is 0 Å². The Morgan fingerprint density at radius 1 is 1.09 bits per heavy atom. The summed E-state index contributed by atoms with van der Waals surface area (Å²) >= 11 is 0. The first kappa shape index (κ1) is 16.3. The normalized spacial score (nSPS) is 9.83. The average molecular weight is 317 g/mol. The van der Waals surface area contributed by atoms with E-state index in [1.807, 2.05) is 0 Å². The van der Waals surface area contributed by atoms with E-state index in [-0.39, 0.29) is 12.2 Å². The van der Waals surface area contributed by atoms with E-state index in [1.165, 1.54) is 31.4 Å². The zero-order valence-corrected chi connectivity index (χ0v) is 12.4. The van der Waals surface area contributed by atoms with Gasteiger partial charge in [-0.2, -0.15) is 0 Å². The lowest BCUT2D eigenvalue weighted by atomic mass is 10.1. The number of nitrogens with one attached hydrogen (secondary N) is 3. The first-order valence-corrected chi connectivity index (χ1v) is 6.81. The monoisotopic (exact) mass is 317 g/mol. The summed E-state index contributed by atoms with van der Waals surface area (Å²) in [7, 11) is 1.52. The second kappa shape index (κ2) is 7.79. The van der Waals surface area contributed by atoms with Gasteiger partial charge in [-0.25, -0.2) is 14.6 Å². The van der Waals surface area contributed by atoms with Gasteiger partial charge in [0, 0.05) is 11.8 Å². The molecular formula is C16H16FN3O3. The van der Waals surface area contributed by atoms with Crippen LogP contribution in [0.25, 0.3) is 0 Å². The number of rotatable bonds is 4. The zero-order chi connectivity index (χ0) is 16.7. The number of halogens is 1. The lowest BCUT2D eigenvalue weighted by molar-refractivity contribution is -0.121. The van der Waals surface area contributed by atoms with Crippen LogP contribution in [-0.2, 0) is 11.2 Å². The lowest BCUT2D eigenvalue weighted by Gasteiger charge is -2.10. The summed E-state index contributed by atoms with van der Waals surface area (Å²) in [5.74, 6) is -0.189. The fourth-order valence-corrected chi connectivity index (χ4v) is 1.82. The van der Waals surface area contributed by atoms with Gasteiger partial charge in [-0.05, 0) is 29.8 Å². The summed E-state index contributed by atoms with van der Waals surface area (Å²) in [6.45, 7) is 0. The molecule has 0 bridgehead atoms. The number of carbonyl (C=O) groups excluding carboxylic acids is 2.